The van der Waals surface area contributed by atoms with E-state index < -0.39 is 5.60 Å². The van der Waals surface area contributed by atoms with Crippen molar-refractivity contribution in [2.24, 2.45) is 10.9 Å². The van der Waals surface area contributed by atoms with Gasteiger partial charge in [0.25, 0.3) is 0 Å². The maximum Gasteiger partial charge on any atom is 0.410 e. The number of likely N-dealkylation sites (tertiary alicyclic amines) is 1. The lowest BCUT2D eigenvalue weighted by Crippen LogP contribution is -2.47. The molecular formula is C23H38N4O4. The molecule has 2 rings (SSSR count). The van der Waals surface area contributed by atoms with Crippen molar-refractivity contribution in [3.63, 3.8) is 0 Å². The van der Waals surface area contributed by atoms with Gasteiger partial charge in [0.15, 0.2) is 17.5 Å². The number of carbonyl (C=O) groups is 1. The van der Waals surface area contributed by atoms with Crippen LogP contribution in [0.15, 0.2) is 23.2 Å². The van der Waals surface area contributed by atoms with Crippen molar-refractivity contribution in [1.82, 2.24) is 15.5 Å². The summed E-state index contributed by atoms with van der Waals surface area (Å²) in [5.74, 6) is 2.58. The zero-order valence-corrected chi connectivity index (χ0v) is 19.8. The molecule has 0 bridgehead atoms. The number of aliphatic imine (C=N–C) groups is 1. The number of guanidine groups is 1. The summed E-state index contributed by atoms with van der Waals surface area (Å²) in [6.45, 7) is 8.64. The Bertz CT molecular complexity index is 746. The Morgan fingerprint density at radius 3 is 2.58 bits per heavy atom. The monoisotopic (exact) mass is 434 g/mol. The fourth-order valence-electron chi connectivity index (χ4n) is 3.55. The molecule has 1 unspecified atom stereocenters. The smallest absolute Gasteiger partial charge is 0.410 e. The zero-order valence-electron chi connectivity index (χ0n) is 19.8. The predicted octanol–water partition coefficient (Wildman–Crippen LogP) is 3.06. The van der Waals surface area contributed by atoms with Gasteiger partial charge < -0.3 is 29.7 Å². The van der Waals surface area contributed by atoms with Crippen LogP contribution in [0.2, 0.25) is 0 Å². The number of rotatable bonds is 7. The second-order valence-electron chi connectivity index (χ2n) is 8.75. The Labute approximate surface area is 186 Å². The molecule has 0 radical (unpaired) electrons. The summed E-state index contributed by atoms with van der Waals surface area (Å²) in [6.07, 6.45) is 2.66. The maximum atomic E-state index is 12.3. The molecule has 174 valence electrons. The minimum Gasteiger partial charge on any atom is -0.493 e. The molecule has 0 spiro atoms. The number of carbonyl (C=O) groups excluding carboxylic acids is 1. The maximum absolute atomic E-state index is 12.3. The fraction of sp³-hybridized carbons (Fsp3) is 0.652. The SMILES string of the molecule is CN=C(NCCc1ccc(OC)c(OC)c1)NCC1CCCN(C(=O)OC(C)(C)C)C1. The Morgan fingerprint density at radius 1 is 1.19 bits per heavy atom. The lowest BCUT2D eigenvalue weighted by atomic mass is 9.98. The summed E-state index contributed by atoms with van der Waals surface area (Å²) < 4.78 is 16.2. The number of nitrogens with one attached hydrogen (secondary N) is 2. The number of hydrogen-bond donors (Lipinski definition) is 2. The predicted molar refractivity (Wildman–Crippen MR) is 123 cm³/mol. The van der Waals surface area contributed by atoms with Gasteiger partial charge in [0.05, 0.1) is 14.2 Å². The van der Waals surface area contributed by atoms with Crippen LogP contribution in [0.25, 0.3) is 0 Å². The molecule has 1 amide bonds. The van der Waals surface area contributed by atoms with Crippen molar-refractivity contribution in [3.05, 3.63) is 23.8 Å². The van der Waals surface area contributed by atoms with Gasteiger partial charge in [-0.3, -0.25) is 4.99 Å². The highest BCUT2D eigenvalue weighted by Crippen LogP contribution is 2.27. The van der Waals surface area contributed by atoms with Crippen LogP contribution in [0.4, 0.5) is 4.79 Å². The minimum absolute atomic E-state index is 0.227. The van der Waals surface area contributed by atoms with E-state index in [0.29, 0.717) is 12.5 Å². The molecule has 1 aromatic rings. The van der Waals surface area contributed by atoms with Crippen LogP contribution < -0.4 is 20.1 Å². The summed E-state index contributed by atoms with van der Waals surface area (Å²) in [5.41, 5.74) is 0.683. The summed E-state index contributed by atoms with van der Waals surface area (Å²) in [7, 11) is 5.04. The minimum atomic E-state index is -0.470. The van der Waals surface area contributed by atoms with Crippen LogP contribution in [0.5, 0.6) is 11.5 Å². The first-order valence-corrected chi connectivity index (χ1v) is 10.9. The number of methoxy groups -OCH3 is 2. The van der Waals surface area contributed by atoms with E-state index in [4.69, 9.17) is 14.2 Å². The van der Waals surface area contributed by atoms with E-state index in [2.05, 4.69) is 15.6 Å². The van der Waals surface area contributed by atoms with Crippen LogP contribution in [0, 0.1) is 5.92 Å². The van der Waals surface area contributed by atoms with Gasteiger partial charge >= 0.3 is 6.09 Å². The Kier molecular flexibility index (Phi) is 9.27. The van der Waals surface area contributed by atoms with Crippen molar-refractivity contribution in [2.75, 3.05) is 47.4 Å². The van der Waals surface area contributed by atoms with Gasteiger partial charge in [-0.1, -0.05) is 6.07 Å². The third-order valence-electron chi connectivity index (χ3n) is 5.11. The Morgan fingerprint density at radius 2 is 1.94 bits per heavy atom. The van der Waals surface area contributed by atoms with Gasteiger partial charge in [0.1, 0.15) is 5.60 Å². The number of nitrogens with zero attached hydrogens (tertiary/aromatic N) is 2. The average molecular weight is 435 g/mol. The van der Waals surface area contributed by atoms with E-state index in [9.17, 15) is 4.79 Å². The standard InChI is InChI=1S/C23H38N4O4/c1-23(2,3)31-22(28)27-13-7-8-18(16-27)15-26-21(24-4)25-12-11-17-9-10-19(29-5)20(14-17)30-6/h9-10,14,18H,7-8,11-13,15-16H2,1-6H3,(H2,24,25,26). The Balaban J connectivity index is 1.77. The van der Waals surface area contributed by atoms with E-state index >= 15 is 0 Å². The highest BCUT2D eigenvalue weighted by molar-refractivity contribution is 5.79. The van der Waals surface area contributed by atoms with Crippen molar-refractivity contribution >= 4 is 12.1 Å². The van der Waals surface area contributed by atoms with E-state index in [1.54, 1.807) is 21.3 Å². The zero-order chi connectivity index (χ0) is 22.9. The molecule has 0 saturated carbocycles. The largest absolute Gasteiger partial charge is 0.493 e. The second kappa shape index (κ2) is 11.7. The molecule has 1 aliphatic heterocycles. The number of piperidine rings is 1. The summed E-state index contributed by atoms with van der Waals surface area (Å²) in [6, 6.07) is 5.94. The first-order valence-electron chi connectivity index (χ1n) is 10.9. The van der Waals surface area contributed by atoms with Gasteiger partial charge in [0, 0.05) is 33.2 Å². The van der Waals surface area contributed by atoms with Crippen molar-refractivity contribution in [3.8, 4) is 11.5 Å². The van der Waals surface area contributed by atoms with Crippen LogP contribution >= 0.6 is 0 Å². The summed E-state index contributed by atoms with van der Waals surface area (Å²) >= 11 is 0. The second-order valence-corrected chi connectivity index (χ2v) is 8.75. The quantitative estimate of drug-likeness (QED) is 0.507. The highest BCUT2D eigenvalue weighted by atomic mass is 16.6. The average Bonchev–Trinajstić information content (AvgIpc) is 2.74. The molecule has 1 heterocycles. The van der Waals surface area contributed by atoms with E-state index in [1.807, 2.05) is 43.9 Å². The van der Waals surface area contributed by atoms with Crippen LogP contribution in [0.3, 0.4) is 0 Å². The molecule has 1 fully saturated rings. The molecule has 0 aliphatic carbocycles. The van der Waals surface area contributed by atoms with Gasteiger partial charge in [0.2, 0.25) is 0 Å². The molecule has 8 heteroatoms. The van der Waals surface area contributed by atoms with Crippen molar-refractivity contribution < 1.29 is 19.0 Å². The molecule has 8 nitrogen and oxygen atoms in total. The first-order chi connectivity index (χ1) is 14.8. The summed E-state index contributed by atoms with van der Waals surface area (Å²) in [5, 5.41) is 6.74. The molecule has 0 aromatic heterocycles. The number of ether oxygens (including phenoxy) is 3. The number of amides is 1. The summed E-state index contributed by atoms with van der Waals surface area (Å²) in [4.78, 5) is 18.5. The lowest BCUT2D eigenvalue weighted by Gasteiger charge is -2.34. The van der Waals surface area contributed by atoms with E-state index in [1.165, 1.54) is 0 Å². The number of benzene rings is 1. The van der Waals surface area contributed by atoms with Crippen LogP contribution in [-0.4, -0.2) is 70.0 Å². The van der Waals surface area contributed by atoms with Crippen molar-refractivity contribution in [1.29, 1.82) is 0 Å². The lowest BCUT2D eigenvalue weighted by molar-refractivity contribution is 0.0168. The molecule has 1 aliphatic rings. The molecule has 1 atom stereocenters. The fourth-order valence-corrected chi connectivity index (χ4v) is 3.55. The molecule has 31 heavy (non-hydrogen) atoms. The van der Waals surface area contributed by atoms with Gasteiger partial charge in [-0.2, -0.15) is 0 Å². The van der Waals surface area contributed by atoms with E-state index in [-0.39, 0.29) is 6.09 Å². The van der Waals surface area contributed by atoms with E-state index in [0.717, 1.165) is 61.9 Å². The molecule has 1 aromatic carbocycles. The van der Waals surface area contributed by atoms with Crippen LogP contribution in [0.1, 0.15) is 39.2 Å². The Hall–Kier alpha value is -2.64. The molecule has 2 N–H and O–H groups in total. The van der Waals surface area contributed by atoms with Crippen LogP contribution in [-0.2, 0) is 11.2 Å². The molecular weight excluding hydrogens is 396 g/mol. The third kappa shape index (κ3) is 8.19. The van der Waals surface area contributed by atoms with Gasteiger partial charge in [-0.15, -0.1) is 0 Å². The van der Waals surface area contributed by atoms with Crippen molar-refractivity contribution in [2.45, 2.75) is 45.6 Å². The molecule has 1 saturated heterocycles. The normalized spacial score (nSPS) is 17.2. The first kappa shape index (κ1) is 24.6. The highest BCUT2D eigenvalue weighted by Gasteiger charge is 2.27. The third-order valence-corrected chi connectivity index (χ3v) is 5.11. The number of hydrogen-bond acceptors (Lipinski definition) is 5. The van der Waals surface area contributed by atoms with Gasteiger partial charge in [-0.25, -0.2) is 4.79 Å². The topological polar surface area (TPSA) is 84.4 Å². The van der Waals surface area contributed by atoms with Gasteiger partial charge in [-0.05, 0) is 63.6 Å².